The van der Waals surface area contributed by atoms with E-state index in [1.54, 1.807) is 26.0 Å². The van der Waals surface area contributed by atoms with E-state index in [0.29, 0.717) is 25.3 Å². The first-order valence-corrected chi connectivity index (χ1v) is 11.7. The summed E-state index contributed by atoms with van der Waals surface area (Å²) in [6, 6.07) is 4.69. The van der Waals surface area contributed by atoms with E-state index in [1.165, 1.54) is 10.4 Å². The van der Waals surface area contributed by atoms with Gasteiger partial charge in [-0.3, -0.25) is 9.59 Å². The number of amides is 2. The average Bonchev–Trinajstić information content (AvgIpc) is 3.25. The molecule has 0 aromatic heterocycles. The van der Waals surface area contributed by atoms with Gasteiger partial charge in [0.2, 0.25) is 15.9 Å². The van der Waals surface area contributed by atoms with Crippen molar-refractivity contribution in [1.82, 2.24) is 14.9 Å². The molecule has 1 aliphatic heterocycles. The lowest BCUT2D eigenvalue weighted by Crippen LogP contribution is -2.38. The molecule has 162 valence electrons. The van der Waals surface area contributed by atoms with Crippen LogP contribution in [0.4, 0.5) is 5.69 Å². The molecule has 8 nitrogen and oxygen atoms in total. The maximum Gasteiger partial charge on any atom is 0.253 e. The monoisotopic (exact) mass is 424 g/mol. The van der Waals surface area contributed by atoms with Gasteiger partial charge >= 0.3 is 0 Å². The number of carbonyl (C=O) groups is 2. The number of hydrogen-bond acceptors (Lipinski definition) is 5. The molecule has 2 rings (SSSR count). The number of nitrogens with zero attached hydrogens (tertiary/aromatic N) is 2. The Kier molecular flexibility index (Phi) is 8.45. The standard InChI is InChI=1S/C20H32N4O4S/c1-4-11-21-19(25)15-22-20(26)17-14-16(29(27,28)24(5-2)6-3)9-10-18(17)23-12-7-8-13-23/h9-10,14H,4-8,11-13,15H2,1-3H3,(H,21,25)(H,22,26). The van der Waals surface area contributed by atoms with E-state index in [-0.39, 0.29) is 22.9 Å². The fourth-order valence-corrected chi connectivity index (χ4v) is 4.87. The summed E-state index contributed by atoms with van der Waals surface area (Å²) in [7, 11) is -3.69. The first-order chi connectivity index (χ1) is 13.8. The molecule has 1 fully saturated rings. The molecule has 29 heavy (non-hydrogen) atoms. The highest BCUT2D eigenvalue weighted by Crippen LogP contribution is 2.28. The van der Waals surface area contributed by atoms with Crippen molar-refractivity contribution in [3.05, 3.63) is 23.8 Å². The van der Waals surface area contributed by atoms with Crippen LogP contribution in [-0.2, 0) is 14.8 Å². The van der Waals surface area contributed by atoms with Crippen LogP contribution in [0.25, 0.3) is 0 Å². The second kappa shape index (κ2) is 10.6. The molecule has 1 saturated heterocycles. The van der Waals surface area contributed by atoms with Crippen molar-refractivity contribution in [3.8, 4) is 0 Å². The van der Waals surface area contributed by atoms with Crippen molar-refractivity contribution in [2.24, 2.45) is 0 Å². The van der Waals surface area contributed by atoms with Gasteiger partial charge in [-0.25, -0.2) is 8.42 Å². The molecule has 0 aliphatic carbocycles. The molecular weight excluding hydrogens is 392 g/mol. The van der Waals surface area contributed by atoms with Crippen LogP contribution in [0.2, 0.25) is 0 Å². The fraction of sp³-hybridized carbons (Fsp3) is 0.600. The Morgan fingerprint density at radius 2 is 1.72 bits per heavy atom. The molecule has 1 aliphatic rings. The number of sulfonamides is 1. The van der Waals surface area contributed by atoms with Gasteiger partial charge in [-0.2, -0.15) is 4.31 Å². The lowest BCUT2D eigenvalue weighted by atomic mass is 10.1. The summed E-state index contributed by atoms with van der Waals surface area (Å²) in [6.07, 6.45) is 2.87. The minimum absolute atomic E-state index is 0.0877. The largest absolute Gasteiger partial charge is 0.371 e. The van der Waals surface area contributed by atoms with Crippen LogP contribution in [0.5, 0.6) is 0 Å². The highest BCUT2D eigenvalue weighted by molar-refractivity contribution is 7.89. The number of carbonyl (C=O) groups excluding carboxylic acids is 2. The third kappa shape index (κ3) is 5.70. The highest BCUT2D eigenvalue weighted by atomic mass is 32.2. The van der Waals surface area contributed by atoms with Gasteiger partial charge in [0.1, 0.15) is 0 Å². The fourth-order valence-electron chi connectivity index (χ4n) is 3.39. The number of rotatable bonds is 10. The highest BCUT2D eigenvalue weighted by Gasteiger charge is 2.26. The lowest BCUT2D eigenvalue weighted by Gasteiger charge is -2.23. The molecule has 0 radical (unpaired) electrons. The normalized spacial score (nSPS) is 14.3. The maximum atomic E-state index is 12.9. The lowest BCUT2D eigenvalue weighted by molar-refractivity contribution is -0.120. The predicted molar refractivity (Wildman–Crippen MR) is 114 cm³/mol. The number of nitrogens with one attached hydrogen (secondary N) is 2. The van der Waals surface area contributed by atoms with Gasteiger partial charge in [0, 0.05) is 38.4 Å². The van der Waals surface area contributed by atoms with E-state index < -0.39 is 15.9 Å². The Morgan fingerprint density at radius 3 is 2.31 bits per heavy atom. The third-order valence-electron chi connectivity index (χ3n) is 4.98. The smallest absolute Gasteiger partial charge is 0.253 e. The summed E-state index contributed by atoms with van der Waals surface area (Å²) in [4.78, 5) is 26.9. The van der Waals surface area contributed by atoms with Crippen molar-refractivity contribution >= 4 is 27.5 Å². The molecule has 2 amide bonds. The number of hydrogen-bond donors (Lipinski definition) is 2. The zero-order chi connectivity index (χ0) is 21.4. The van der Waals surface area contributed by atoms with E-state index >= 15 is 0 Å². The third-order valence-corrected chi connectivity index (χ3v) is 7.03. The summed E-state index contributed by atoms with van der Waals surface area (Å²) in [5, 5.41) is 5.33. The summed E-state index contributed by atoms with van der Waals surface area (Å²) >= 11 is 0. The maximum absolute atomic E-state index is 12.9. The van der Waals surface area contributed by atoms with Gasteiger partial charge in [-0.1, -0.05) is 20.8 Å². The molecule has 0 atom stereocenters. The predicted octanol–water partition coefficient (Wildman–Crippen LogP) is 1.57. The van der Waals surface area contributed by atoms with Crippen molar-refractivity contribution in [1.29, 1.82) is 0 Å². The second-order valence-electron chi connectivity index (χ2n) is 7.00. The van der Waals surface area contributed by atoms with E-state index in [0.717, 1.165) is 32.4 Å². The van der Waals surface area contributed by atoms with Gasteiger partial charge in [-0.15, -0.1) is 0 Å². The summed E-state index contributed by atoms with van der Waals surface area (Å²) in [6.45, 7) is 8.25. The zero-order valence-corrected chi connectivity index (χ0v) is 18.3. The van der Waals surface area contributed by atoms with Crippen LogP contribution in [0.1, 0.15) is 50.4 Å². The topological polar surface area (TPSA) is 98.8 Å². The molecular formula is C20H32N4O4S. The van der Waals surface area contributed by atoms with E-state index in [1.807, 2.05) is 6.92 Å². The Labute approximate surface area is 173 Å². The molecule has 0 saturated carbocycles. The van der Waals surface area contributed by atoms with Crippen molar-refractivity contribution in [2.75, 3.05) is 44.2 Å². The van der Waals surface area contributed by atoms with E-state index in [4.69, 9.17) is 0 Å². The van der Waals surface area contributed by atoms with Crippen molar-refractivity contribution in [3.63, 3.8) is 0 Å². The Hall–Kier alpha value is -2.13. The van der Waals surface area contributed by atoms with Gasteiger partial charge < -0.3 is 15.5 Å². The molecule has 1 aromatic carbocycles. The van der Waals surface area contributed by atoms with Gasteiger partial charge in [0.05, 0.1) is 17.0 Å². The molecule has 1 heterocycles. The van der Waals surface area contributed by atoms with E-state index in [2.05, 4.69) is 15.5 Å². The summed E-state index contributed by atoms with van der Waals surface area (Å²) in [5.74, 6) is -0.718. The van der Waals surface area contributed by atoms with Gasteiger partial charge in [0.15, 0.2) is 0 Å². The molecule has 0 bridgehead atoms. The van der Waals surface area contributed by atoms with Crippen LogP contribution in [-0.4, -0.2) is 63.8 Å². The molecule has 0 spiro atoms. The second-order valence-corrected chi connectivity index (χ2v) is 8.93. The van der Waals surface area contributed by atoms with Gasteiger partial charge in [-0.05, 0) is 37.5 Å². The molecule has 0 unspecified atom stereocenters. The van der Waals surface area contributed by atoms with Crippen molar-refractivity contribution in [2.45, 2.75) is 44.9 Å². The van der Waals surface area contributed by atoms with Crippen LogP contribution in [0.3, 0.4) is 0 Å². The van der Waals surface area contributed by atoms with Crippen LogP contribution in [0.15, 0.2) is 23.1 Å². The molecule has 9 heteroatoms. The minimum Gasteiger partial charge on any atom is -0.371 e. The summed E-state index contributed by atoms with van der Waals surface area (Å²) < 4.78 is 27.2. The zero-order valence-electron chi connectivity index (χ0n) is 17.5. The Morgan fingerprint density at radius 1 is 1.07 bits per heavy atom. The average molecular weight is 425 g/mol. The van der Waals surface area contributed by atoms with Crippen LogP contribution in [0, 0.1) is 0 Å². The number of benzene rings is 1. The SMILES string of the molecule is CCCNC(=O)CNC(=O)c1cc(S(=O)(=O)N(CC)CC)ccc1N1CCCC1. The number of anilines is 1. The van der Waals surface area contributed by atoms with Crippen molar-refractivity contribution < 1.29 is 18.0 Å². The van der Waals surface area contributed by atoms with Gasteiger partial charge in [0.25, 0.3) is 5.91 Å². The van der Waals surface area contributed by atoms with Crippen LogP contribution >= 0.6 is 0 Å². The van der Waals surface area contributed by atoms with E-state index in [9.17, 15) is 18.0 Å². The first-order valence-electron chi connectivity index (χ1n) is 10.3. The Balaban J connectivity index is 2.33. The molecule has 1 aromatic rings. The summed E-state index contributed by atoms with van der Waals surface area (Å²) in [5.41, 5.74) is 0.982. The molecule has 2 N–H and O–H groups in total. The Bertz CT molecular complexity index is 816. The minimum atomic E-state index is -3.69. The first kappa shape index (κ1) is 23.2. The van der Waals surface area contributed by atoms with Crippen LogP contribution < -0.4 is 15.5 Å². The quantitative estimate of drug-likeness (QED) is 0.594.